The van der Waals surface area contributed by atoms with Gasteiger partial charge < -0.3 is 33.8 Å². The van der Waals surface area contributed by atoms with Crippen LogP contribution in [0, 0.1) is 5.92 Å². The molecule has 0 radical (unpaired) electrons. The van der Waals surface area contributed by atoms with Crippen LogP contribution in [0.4, 0.5) is 0 Å². The van der Waals surface area contributed by atoms with Crippen LogP contribution in [-0.4, -0.2) is 96.7 Å². The summed E-state index contributed by atoms with van der Waals surface area (Å²) in [5, 5.41) is 10.6. The summed E-state index contributed by atoms with van der Waals surface area (Å²) in [6.07, 6.45) is 63.9. The first-order valence-electron chi connectivity index (χ1n) is 41.6. The molecule has 0 heterocycles. The fourth-order valence-electron chi connectivity index (χ4n) is 12.4. The fourth-order valence-corrected chi connectivity index (χ4v) is 14.0. The van der Waals surface area contributed by atoms with Crippen LogP contribution in [0.1, 0.15) is 426 Å². The smallest absolute Gasteiger partial charge is 0.462 e. The van der Waals surface area contributed by atoms with E-state index >= 15 is 0 Å². The number of hydrogen-bond donors (Lipinski definition) is 3. The predicted molar refractivity (Wildman–Crippen MR) is 405 cm³/mol. The average molecular weight is 1450 g/mol. The minimum absolute atomic E-state index is 0.108. The molecule has 0 aromatic heterocycles. The van der Waals surface area contributed by atoms with Crippen molar-refractivity contribution < 1.29 is 80.2 Å². The van der Waals surface area contributed by atoms with Crippen LogP contribution in [0.3, 0.4) is 0 Å². The number of carbonyl (C=O) groups excluding carboxylic acids is 4. The summed E-state index contributed by atoms with van der Waals surface area (Å²) in [7, 11) is -9.91. The number of aliphatic hydroxyl groups is 1. The summed E-state index contributed by atoms with van der Waals surface area (Å²) in [6, 6.07) is 0. The van der Waals surface area contributed by atoms with Gasteiger partial charge in [0.2, 0.25) is 0 Å². The summed E-state index contributed by atoms with van der Waals surface area (Å²) < 4.78 is 68.6. The first-order valence-corrected chi connectivity index (χ1v) is 44.6. The van der Waals surface area contributed by atoms with Crippen molar-refractivity contribution in [2.24, 2.45) is 5.92 Å². The number of phosphoric acid groups is 2. The van der Waals surface area contributed by atoms with Gasteiger partial charge in [-0.2, -0.15) is 0 Å². The lowest BCUT2D eigenvalue weighted by molar-refractivity contribution is -0.161. The normalized spacial score (nSPS) is 13.9. The Bertz CT molecular complexity index is 1890. The van der Waals surface area contributed by atoms with E-state index in [9.17, 15) is 43.2 Å². The monoisotopic (exact) mass is 1450 g/mol. The molecule has 588 valence electrons. The third kappa shape index (κ3) is 74.1. The molecule has 0 aromatic rings. The first-order chi connectivity index (χ1) is 48.0. The Labute approximate surface area is 607 Å². The van der Waals surface area contributed by atoms with Gasteiger partial charge in [0.05, 0.1) is 26.4 Å². The maximum absolute atomic E-state index is 13.1. The number of esters is 4. The van der Waals surface area contributed by atoms with E-state index in [0.29, 0.717) is 25.7 Å². The number of phosphoric ester groups is 2. The molecule has 0 aliphatic rings. The van der Waals surface area contributed by atoms with Crippen molar-refractivity contribution in [1.82, 2.24) is 0 Å². The largest absolute Gasteiger partial charge is 0.472 e. The van der Waals surface area contributed by atoms with Crippen molar-refractivity contribution in [3.05, 3.63) is 0 Å². The Hall–Kier alpha value is -1.94. The van der Waals surface area contributed by atoms with Gasteiger partial charge in [-0.3, -0.25) is 37.3 Å². The Morgan fingerprint density at radius 2 is 0.465 bits per heavy atom. The zero-order chi connectivity index (χ0) is 72.7. The van der Waals surface area contributed by atoms with E-state index < -0.39 is 97.5 Å². The van der Waals surface area contributed by atoms with E-state index in [-0.39, 0.29) is 25.7 Å². The molecule has 0 aliphatic carbocycles. The van der Waals surface area contributed by atoms with Gasteiger partial charge in [0.1, 0.15) is 19.3 Å². The molecule has 0 saturated heterocycles. The molecule has 0 fully saturated rings. The summed E-state index contributed by atoms with van der Waals surface area (Å²) >= 11 is 0. The lowest BCUT2D eigenvalue weighted by Crippen LogP contribution is -2.30. The maximum atomic E-state index is 13.1. The van der Waals surface area contributed by atoms with E-state index in [1.165, 1.54) is 244 Å². The Morgan fingerprint density at radius 1 is 0.273 bits per heavy atom. The topological polar surface area (TPSA) is 237 Å². The number of carbonyl (C=O) groups is 4. The summed E-state index contributed by atoms with van der Waals surface area (Å²) in [6.45, 7) is 7.31. The molecule has 0 aromatic carbocycles. The van der Waals surface area contributed by atoms with Crippen molar-refractivity contribution in [3.63, 3.8) is 0 Å². The van der Waals surface area contributed by atoms with Crippen molar-refractivity contribution in [2.75, 3.05) is 39.6 Å². The molecule has 19 heteroatoms. The Morgan fingerprint density at radius 3 is 0.687 bits per heavy atom. The minimum Gasteiger partial charge on any atom is -0.462 e. The van der Waals surface area contributed by atoms with Crippen LogP contribution in [0.25, 0.3) is 0 Å². The zero-order valence-corrected chi connectivity index (χ0v) is 66.4. The number of ether oxygens (including phenoxy) is 4. The van der Waals surface area contributed by atoms with Crippen LogP contribution >= 0.6 is 15.6 Å². The molecular weight excluding hydrogens is 1290 g/mol. The highest BCUT2D eigenvalue weighted by Crippen LogP contribution is 2.45. The van der Waals surface area contributed by atoms with Gasteiger partial charge in [0.15, 0.2) is 12.2 Å². The molecule has 0 saturated carbocycles. The van der Waals surface area contributed by atoms with Gasteiger partial charge in [0.25, 0.3) is 0 Å². The molecular formula is C80H156O17P2. The summed E-state index contributed by atoms with van der Waals surface area (Å²) in [5.74, 6) is -1.33. The van der Waals surface area contributed by atoms with Gasteiger partial charge >= 0.3 is 39.5 Å². The van der Waals surface area contributed by atoms with Gasteiger partial charge in [-0.25, -0.2) is 9.13 Å². The summed E-state index contributed by atoms with van der Waals surface area (Å²) in [5.41, 5.74) is 0. The van der Waals surface area contributed by atoms with Crippen LogP contribution in [-0.2, 0) is 65.4 Å². The van der Waals surface area contributed by atoms with Crippen molar-refractivity contribution in [3.8, 4) is 0 Å². The van der Waals surface area contributed by atoms with Crippen LogP contribution < -0.4 is 0 Å². The van der Waals surface area contributed by atoms with E-state index in [1.54, 1.807) is 0 Å². The first kappa shape index (κ1) is 97.1. The van der Waals surface area contributed by atoms with Crippen molar-refractivity contribution in [2.45, 2.75) is 445 Å². The van der Waals surface area contributed by atoms with Crippen molar-refractivity contribution in [1.29, 1.82) is 0 Å². The average Bonchev–Trinajstić information content (AvgIpc) is 1.41. The second kappa shape index (κ2) is 73.0. The van der Waals surface area contributed by atoms with E-state index in [0.717, 1.165) is 102 Å². The number of hydrogen-bond acceptors (Lipinski definition) is 15. The molecule has 0 spiro atoms. The highest BCUT2D eigenvalue weighted by molar-refractivity contribution is 7.47. The highest BCUT2D eigenvalue weighted by Gasteiger charge is 2.30. The lowest BCUT2D eigenvalue weighted by Gasteiger charge is -2.21. The molecule has 3 N–H and O–H groups in total. The lowest BCUT2D eigenvalue weighted by atomic mass is 10.0. The SMILES string of the molecule is CCCCCCCCCCCCCCCCCCCCCCCC(=O)O[C@H](COC(=O)CCCCCCCCCCCCCCC(C)C)COP(=O)(O)OC[C@@H](O)COP(=O)(O)OC[C@@H](COC(=O)CCCCCCCCCC)OC(=O)CCCCCCCCCCCCCCCCC. The van der Waals surface area contributed by atoms with E-state index in [1.807, 2.05) is 0 Å². The third-order valence-corrected chi connectivity index (χ3v) is 20.7. The van der Waals surface area contributed by atoms with Crippen LogP contribution in [0.15, 0.2) is 0 Å². The summed E-state index contributed by atoms with van der Waals surface area (Å²) in [4.78, 5) is 72.9. The molecule has 0 rings (SSSR count). The zero-order valence-electron chi connectivity index (χ0n) is 64.6. The van der Waals surface area contributed by atoms with Gasteiger partial charge in [0, 0.05) is 25.7 Å². The Balaban J connectivity index is 5.18. The second-order valence-electron chi connectivity index (χ2n) is 29.3. The molecule has 2 unspecified atom stereocenters. The second-order valence-corrected chi connectivity index (χ2v) is 32.2. The fraction of sp³-hybridized carbons (Fsp3) is 0.950. The van der Waals surface area contributed by atoms with E-state index in [4.69, 9.17) is 37.0 Å². The third-order valence-electron chi connectivity index (χ3n) is 18.8. The molecule has 0 bridgehead atoms. The van der Waals surface area contributed by atoms with Gasteiger partial charge in [-0.1, -0.05) is 375 Å². The quantitative estimate of drug-likeness (QED) is 0.0222. The number of rotatable bonds is 80. The maximum Gasteiger partial charge on any atom is 0.472 e. The van der Waals surface area contributed by atoms with Gasteiger partial charge in [-0.15, -0.1) is 0 Å². The van der Waals surface area contributed by atoms with Crippen molar-refractivity contribution >= 4 is 39.5 Å². The molecule has 0 amide bonds. The molecule has 99 heavy (non-hydrogen) atoms. The van der Waals surface area contributed by atoms with E-state index in [2.05, 4.69) is 34.6 Å². The molecule has 17 nitrogen and oxygen atoms in total. The van der Waals surface area contributed by atoms with Crippen LogP contribution in [0.2, 0.25) is 0 Å². The predicted octanol–water partition coefficient (Wildman–Crippen LogP) is 24.0. The Kier molecular flexibility index (Phi) is 71.6. The molecule has 0 aliphatic heterocycles. The van der Waals surface area contributed by atoms with Crippen LogP contribution in [0.5, 0.6) is 0 Å². The minimum atomic E-state index is -4.96. The highest BCUT2D eigenvalue weighted by atomic mass is 31.2. The standard InChI is InChI=1S/C80H156O17P2/c1-6-9-12-15-18-21-23-25-27-28-29-30-31-32-34-36-42-46-51-56-61-66-80(85)97-76(70-91-78(83)64-59-54-49-44-40-38-37-39-43-47-52-57-62-73(4)5)72-95-99(88,89)93-68-74(81)67-92-98(86,87)94-71-75(69-90-77(82)63-58-53-48-20-17-14-11-8-3)96-79(84)65-60-55-50-45-41-35-33-26-24-22-19-16-13-10-7-2/h73-76,81H,6-72H2,1-5H3,(H,86,87)(H,88,89)/t74-,75+,76+/m0/s1. The number of aliphatic hydroxyl groups excluding tert-OH is 1. The molecule has 5 atom stereocenters. The van der Waals surface area contributed by atoms with Gasteiger partial charge in [-0.05, 0) is 31.6 Å². The number of unbranched alkanes of at least 4 members (excludes halogenated alkanes) is 52.